The molecule has 21 heavy (non-hydrogen) atoms. The summed E-state index contributed by atoms with van der Waals surface area (Å²) in [4.78, 5) is 14.4. The molecule has 1 amide bonds. The highest BCUT2D eigenvalue weighted by Gasteiger charge is 2.24. The topological polar surface area (TPSA) is 57.7 Å². The van der Waals surface area contributed by atoms with Gasteiger partial charge in [-0.2, -0.15) is 0 Å². The van der Waals surface area contributed by atoms with Crippen molar-refractivity contribution < 1.29 is 13.2 Å². The summed E-state index contributed by atoms with van der Waals surface area (Å²) in [7, 11) is -3.18. The molecule has 0 spiro atoms. The molecule has 1 aliphatic heterocycles. The lowest BCUT2D eigenvalue weighted by molar-refractivity contribution is 0.0763. The standard InChI is InChI=1S/C15H22N2O3S/c1-12-5-6-14(13(2)11-12)15(18)16-7-4-8-17(10-9-16)21(3,19)20/h5-6,11H,4,7-10H2,1-3H3. The molecule has 1 aromatic rings. The fourth-order valence-corrected chi connectivity index (χ4v) is 3.53. The summed E-state index contributed by atoms with van der Waals surface area (Å²) in [6.07, 6.45) is 1.89. The van der Waals surface area contributed by atoms with E-state index in [0.29, 0.717) is 38.2 Å². The summed E-state index contributed by atoms with van der Waals surface area (Å²) in [6, 6.07) is 5.78. The average Bonchev–Trinajstić information content (AvgIpc) is 2.63. The van der Waals surface area contributed by atoms with Crippen molar-refractivity contribution in [2.45, 2.75) is 20.3 Å². The molecule has 0 aromatic heterocycles. The van der Waals surface area contributed by atoms with Gasteiger partial charge in [-0.15, -0.1) is 0 Å². The van der Waals surface area contributed by atoms with Crippen molar-refractivity contribution in [3.63, 3.8) is 0 Å². The third-order valence-corrected chi connectivity index (χ3v) is 5.13. The summed E-state index contributed by atoms with van der Waals surface area (Å²) < 4.78 is 24.6. The second-order valence-corrected chi connectivity index (χ2v) is 7.61. The van der Waals surface area contributed by atoms with Crippen LogP contribution in [0.3, 0.4) is 0 Å². The molecule has 6 heteroatoms. The lowest BCUT2D eigenvalue weighted by Crippen LogP contribution is -2.37. The predicted octanol–water partition coefficient (Wildman–Crippen LogP) is 1.41. The highest BCUT2D eigenvalue weighted by molar-refractivity contribution is 7.88. The predicted molar refractivity (Wildman–Crippen MR) is 82.9 cm³/mol. The zero-order chi connectivity index (χ0) is 15.6. The van der Waals surface area contributed by atoms with Gasteiger partial charge in [-0.25, -0.2) is 12.7 Å². The molecule has 1 fully saturated rings. The third kappa shape index (κ3) is 3.83. The Balaban J connectivity index is 2.13. The lowest BCUT2D eigenvalue weighted by atomic mass is 10.0. The van der Waals surface area contributed by atoms with Gasteiger partial charge in [0.25, 0.3) is 5.91 Å². The summed E-state index contributed by atoms with van der Waals surface area (Å²) in [5, 5.41) is 0. The maximum Gasteiger partial charge on any atom is 0.254 e. The van der Waals surface area contributed by atoms with E-state index in [-0.39, 0.29) is 5.91 Å². The van der Waals surface area contributed by atoms with E-state index in [1.165, 1.54) is 10.6 Å². The smallest absolute Gasteiger partial charge is 0.254 e. The second kappa shape index (κ2) is 6.15. The van der Waals surface area contributed by atoms with Crippen molar-refractivity contribution in [3.8, 4) is 0 Å². The van der Waals surface area contributed by atoms with Crippen LogP contribution in [0.15, 0.2) is 18.2 Å². The number of carbonyl (C=O) groups is 1. The Bertz CT molecular complexity index is 640. The number of nitrogens with zero attached hydrogens (tertiary/aromatic N) is 2. The van der Waals surface area contributed by atoms with Crippen molar-refractivity contribution in [2.75, 3.05) is 32.4 Å². The quantitative estimate of drug-likeness (QED) is 0.830. The van der Waals surface area contributed by atoms with E-state index < -0.39 is 10.0 Å². The van der Waals surface area contributed by atoms with E-state index in [0.717, 1.165) is 11.1 Å². The zero-order valence-corrected chi connectivity index (χ0v) is 13.6. The number of amides is 1. The van der Waals surface area contributed by atoms with Gasteiger partial charge < -0.3 is 4.90 Å². The number of benzene rings is 1. The first-order valence-corrected chi connectivity index (χ1v) is 8.95. The summed E-state index contributed by atoms with van der Waals surface area (Å²) in [5.74, 6) is -0.0112. The van der Waals surface area contributed by atoms with Crippen LogP contribution < -0.4 is 0 Å². The summed E-state index contributed by atoms with van der Waals surface area (Å²) in [5.41, 5.74) is 2.79. The largest absolute Gasteiger partial charge is 0.337 e. The third-order valence-electron chi connectivity index (χ3n) is 3.82. The fraction of sp³-hybridized carbons (Fsp3) is 0.533. The van der Waals surface area contributed by atoms with E-state index in [4.69, 9.17) is 0 Å². The van der Waals surface area contributed by atoms with Gasteiger partial charge in [-0.3, -0.25) is 4.79 Å². The molecule has 0 N–H and O–H groups in total. The molecule has 0 atom stereocenters. The Morgan fingerprint density at radius 2 is 1.81 bits per heavy atom. The van der Waals surface area contributed by atoms with Crippen molar-refractivity contribution in [3.05, 3.63) is 34.9 Å². The number of hydrogen-bond acceptors (Lipinski definition) is 3. The minimum atomic E-state index is -3.18. The number of rotatable bonds is 2. The first-order chi connectivity index (χ1) is 9.79. The van der Waals surface area contributed by atoms with Crippen LogP contribution >= 0.6 is 0 Å². The molecule has 116 valence electrons. The molecule has 1 aromatic carbocycles. The van der Waals surface area contributed by atoms with Gasteiger partial charge >= 0.3 is 0 Å². The van der Waals surface area contributed by atoms with Crippen LogP contribution in [-0.4, -0.2) is 56.0 Å². The first kappa shape index (κ1) is 16.0. The van der Waals surface area contributed by atoms with Crippen molar-refractivity contribution in [1.29, 1.82) is 0 Å². The molecule has 2 rings (SSSR count). The molecule has 1 saturated heterocycles. The monoisotopic (exact) mass is 310 g/mol. The van der Waals surface area contributed by atoms with Gasteiger partial charge in [0.15, 0.2) is 0 Å². The summed E-state index contributed by atoms with van der Waals surface area (Å²) in [6.45, 7) is 5.82. The molecule has 0 aliphatic carbocycles. The van der Waals surface area contributed by atoms with Gasteiger partial charge in [0.2, 0.25) is 10.0 Å². The fourth-order valence-electron chi connectivity index (χ4n) is 2.65. The van der Waals surface area contributed by atoms with Crippen LogP contribution in [0.4, 0.5) is 0 Å². The Morgan fingerprint density at radius 3 is 2.43 bits per heavy atom. The maximum atomic E-state index is 12.6. The molecule has 5 nitrogen and oxygen atoms in total. The second-order valence-electron chi connectivity index (χ2n) is 5.63. The van der Waals surface area contributed by atoms with E-state index in [1.54, 1.807) is 4.90 Å². The molecule has 0 bridgehead atoms. The number of hydrogen-bond donors (Lipinski definition) is 0. The van der Waals surface area contributed by atoms with Crippen LogP contribution in [0.1, 0.15) is 27.9 Å². The van der Waals surface area contributed by atoms with Gasteiger partial charge in [0, 0.05) is 31.7 Å². The minimum Gasteiger partial charge on any atom is -0.337 e. The average molecular weight is 310 g/mol. The van der Waals surface area contributed by atoms with E-state index >= 15 is 0 Å². The van der Waals surface area contributed by atoms with Gasteiger partial charge in [-0.1, -0.05) is 17.7 Å². The van der Waals surface area contributed by atoms with Crippen molar-refractivity contribution in [1.82, 2.24) is 9.21 Å². The Hall–Kier alpha value is -1.40. The van der Waals surface area contributed by atoms with E-state index in [9.17, 15) is 13.2 Å². The first-order valence-electron chi connectivity index (χ1n) is 7.10. The van der Waals surface area contributed by atoms with Gasteiger partial charge in [0.1, 0.15) is 0 Å². The molecular formula is C15H22N2O3S. The SMILES string of the molecule is Cc1ccc(C(=O)N2CCCN(S(C)(=O)=O)CC2)c(C)c1. The number of aryl methyl sites for hydroxylation is 2. The van der Waals surface area contributed by atoms with E-state index in [1.807, 2.05) is 32.0 Å². The highest BCUT2D eigenvalue weighted by Crippen LogP contribution is 2.15. The number of sulfonamides is 1. The van der Waals surface area contributed by atoms with Crippen LogP contribution in [0, 0.1) is 13.8 Å². The molecule has 0 radical (unpaired) electrons. The summed E-state index contributed by atoms with van der Waals surface area (Å²) >= 11 is 0. The maximum absolute atomic E-state index is 12.6. The van der Waals surface area contributed by atoms with Crippen molar-refractivity contribution >= 4 is 15.9 Å². The Kier molecular flexibility index (Phi) is 4.68. The lowest BCUT2D eigenvalue weighted by Gasteiger charge is -2.22. The van der Waals surface area contributed by atoms with Crippen LogP contribution in [0.25, 0.3) is 0 Å². The highest BCUT2D eigenvalue weighted by atomic mass is 32.2. The minimum absolute atomic E-state index is 0.0112. The Morgan fingerprint density at radius 1 is 1.10 bits per heavy atom. The molecular weight excluding hydrogens is 288 g/mol. The normalized spacial score (nSPS) is 17.6. The molecule has 1 heterocycles. The zero-order valence-electron chi connectivity index (χ0n) is 12.8. The van der Waals surface area contributed by atoms with Crippen LogP contribution in [0.2, 0.25) is 0 Å². The number of carbonyl (C=O) groups excluding carboxylic acids is 1. The van der Waals surface area contributed by atoms with Crippen LogP contribution in [-0.2, 0) is 10.0 Å². The van der Waals surface area contributed by atoms with E-state index in [2.05, 4.69) is 0 Å². The molecule has 0 saturated carbocycles. The van der Waals surface area contributed by atoms with Gasteiger partial charge in [-0.05, 0) is 31.9 Å². The van der Waals surface area contributed by atoms with Crippen LogP contribution in [0.5, 0.6) is 0 Å². The molecule has 0 unspecified atom stereocenters. The molecule has 1 aliphatic rings. The Labute approximate surface area is 126 Å². The van der Waals surface area contributed by atoms with Gasteiger partial charge in [0.05, 0.1) is 6.26 Å². The van der Waals surface area contributed by atoms with Crippen molar-refractivity contribution in [2.24, 2.45) is 0 Å².